The number of guanidine groups is 1. The minimum absolute atomic E-state index is 0.101. The predicted octanol–water partition coefficient (Wildman–Crippen LogP) is 2.33. The molecule has 0 saturated carbocycles. The molecule has 1 aliphatic heterocycles. The summed E-state index contributed by atoms with van der Waals surface area (Å²) in [7, 11) is 2.07. The number of piperidine rings is 1. The van der Waals surface area contributed by atoms with Crippen LogP contribution in [0, 0.1) is 0 Å². The third kappa shape index (κ3) is 7.77. The predicted molar refractivity (Wildman–Crippen MR) is 111 cm³/mol. The molecular formula is C21H36N4O2. The average Bonchev–Trinajstić information content (AvgIpc) is 2.67. The Morgan fingerprint density at radius 2 is 1.96 bits per heavy atom. The Morgan fingerprint density at radius 1 is 1.26 bits per heavy atom. The highest BCUT2D eigenvalue weighted by molar-refractivity contribution is 5.79. The van der Waals surface area contributed by atoms with Crippen molar-refractivity contribution in [2.45, 2.75) is 45.8 Å². The van der Waals surface area contributed by atoms with E-state index in [1.54, 1.807) is 0 Å². The standard InChI is InChI=1S/C21H36N4O2/c1-4-22-21(23-13-6-14-25-15-11-19(26)12-16-25)24(3)17-18-7-9-20(10-8-18)27-5-2/h7-10,19,26H,4-6,11-17H2,1-3H3,(H,22,23). The van der Waals surface area contributed by atoms with Crippen molar-refractivity contribution in [1.29, 1.82) is 0 Å². The molecular weight excluding hydrogens is 340 g/mol. The Bertz CT molecular complexity index is 554. The first-order valence-corrected chi connectivity index (χ1v) is 10.2. The van der Waals surface area contributed by atoms with Crippen LogP contribution in [0.15, 0.2) is 29.3 Å². The fourth-order valence-electron chi connectivity index (χ4n) is 3.30. The molecule has 2 N–H and O–H groups in total. The van der Waals surface area contributed by atoms with Crippen LogP contribution in [0.5, 0.6) is 5.75 Å². The molecule has 1 aromatic carbocycles. The normalized spacial score (nSPS) is 16.4. The van der Waals surface area contributed by atoms with E-state index in [2.05, 4.69) is 41.2 Å². The first-order chi connectivity index (χ1) is 13.1. The number of ether oxygens (including phenoxy) is 1. The molecule has 1 aromatic rings. The maximum absolute atomic E-state index is 9.59. The number of rotatable bonds is 9. The topological polar surface area (TPSA) is 60.3 Å². The number of aliphatic hydroxyl groups is 1. The van der Waals surface area contributed by atoms with Crippen molar-refractivity contribution in [3.8, 4) is 5.75 Å². The molecule has 0 aromatic heterocycles. The van der Waals surface area contributed by atoms with Crippen LogP contribution in [0.4, 0.5) is 0 Å². The summed E-state index contributed by atoms with van der Waals surface area (Å²) in [6, 6.07) is 8.25. The maximum atomic E-state index is 9.59. The van der Waals surface area contributed by atoms with Gasteiger partial charge in [-0.3, -0.25) is 4.99 Å². The van der Waals surface area contributed by atoms with Gasteiger partial charge in [-0.1, -0.05) is 12.1 Å². The van der Waals surface area contributed by atoms with E-state index in [0.717, 1.165) is 70.2 Å². The number of benzene rings is 1. The molecule has 0 aliphatic carbocycles. The van der Waals surface area contributed by atoms with Gasteiger partial charge in [-0.15, -0.1) is 0 Å². The average molecular weight is 377 g/mol. The van der Waals surface area contributed by atoms with Crippen LogP contribution in [-0.2, 0) is 6.54 Å². The zero-order valence-electron chi connectivity index (χ0n) is 17.2. The lowest BCUT2D eigenvalue weighted by atomic mass is 10.1. The number of nitrogens with zero attached hydrogens (tertiary/aromatic N) is 3. The number of hydrogen-bond donors (Lipinski definition) is 2. The van der Waals surface area contributed by atoms with Gasteiger partial charge in [0.15, 0.2) is 5.96 Å². The van der Waals surface area contributed by atoms with E-state index in [0.29, 0.717) is 6.61 Å². The molecule has 0 bridgehead atoms. The van der Waals surface area contributed by atoms with Crippen molar-refractivity contribution in [2.75, 3.05) is 46.4 Å². The fourth-order valence-corrected chi connectivity index (χ4v) is 3.30. The molecule has 2 rings (SSSR count). The molecule has 0 atom stereocenters. The monoisotopic (exact) mass is 376 g/mol. The van der Waals surface area contributed by atoms with E-state index in [9.17, 15) is 5.11 Å². The molecule has 0 unspecified atom stereocenters. The van der Waals surface area contributed by atoms with Crippen molar-refractivity contribution < 1.29 is 9.84 Å². The summed E-state index contributed by atoms with van der Waals surface area (Å²) in [6.07, 6.45) is 2.74. The summed E-state index contributed by atoms with van der Waals surface area (Å²) in [5, 5.41) is 13.0. The number of hydrogen-bond acceptors (Lipinski definition) is 4. The lowest BCUT2D eigenvalue weighted by Crippen LogP contribution is -2.39. The van der Waals surface area contributed by atoms with E-state index in [-0.39, 0.29) is 6.10 Å². The summed E-state index contributed by atoms with van der Waals surface area (Å²) in [5.41, 5.74) is 1.23. The van der Waals surface area contributed by atoms with E-state index in [1.807, 2.05) is 19.1 Å². The SMILES string of the molecule is CCNC(=NCCCN1CCC(O)CC1)N(C)Cc1ccc(OCC)cc1. The van der Waals surface area contributed by atoms with Crippen molar-refractivity contribution in [1.82, 2.24) is 15.1 Å². The van der Waals surface area contributed by atoms with Gasteiger partial charge in [0, 0.05) is 39.8 Å². The van der Waals surface area contributed by atoms with Crippen molar-refractivity contribution in [2.24, 2.45) is 4.99 Å². The summed E-state index contributed by atoms with van der Waals surface area (Å²) in [6.45, 7) is 10.3. The van der Waals surface area contributed by atoms with Crippen molar-refractivity contribution in [3.63, 3.8) is 0 Å². The second kappa shape index (κ2) is 11.8. The Morgan fingerprint density at radius 3 is 2.59 bits per heavy atom. The van der Waals surface area contributed by atoms with Gasteiger partial charge in [0.2, 0.25) is 0 Å². The van der Waals surface area contributed by atoms with Crippen LogP contribution < -0.4 is 10.1 Å². The van der Waals surface area contributed by atoms with Crippen LogP contribution in [0.2, 0.25) is 0 Å². The summed E-state index contributed by atoms with van der Waals surface area (Å²) in [4.78, 5) is 9.38. The molecule has 0 radical (unpaired) electrons. The van der Waals surface area contributed by atoms with Gasteiger partial charge in [0.05, 0.1) is 12.7 Å². The minimum Gasteiger partial charge on any atom is -0.494 e. The molecule has 6 nitrogen and oxygen atoms in total. The lowest BCUT2D eigenvalue weighted by Gasteiger charge is -2.29. The zero-order valence-corrected chi connectivity index (χ0v) is 17.2. The van der Waals surface area contributed by atoms with Crippen LogP contribution in [0.25, 0.3) is 0 Å². The number of aliphatic imine (C=N–C) groups is 1. The van der Waals surface area contributed by atoms with E-state index in [1.165, 1.54) is 5.56 Å². The van der Waals surface area contributed by atoms with E-state index in [4.69, 9.17) is 9.73 Å². The Labute approximate surface area is 164 Å². The molecule has 0 amide bonds. The smallest absolute Gasteiger partial charge is 0.193 e. The molecule has 1 fully saturated rings. The fraction of sp³-hybridized carbons (Fsp3) is 0.667. The molecule has 0 spiro atoms. The Balaban J connectivity index is 1.80. The first kappa shape index (κ1) is 21.5. The molecule has 6 heteroatoms. The van der Waals surface area contributed by atoms with Crippen molar-refractivity contribution in [3.05, 3.63) is 29.8 Å². The highest BCUT2D eigenvalue weighted by atomic mass is 16.5. The Hall–Kier alpha value is -1.79. The highest BCUT2D eigenvalue weighted by Crippen LogP contribution is 2.13. The third-order valence-electron chi connectivity index (χ3n) is 4.80. The zero-order chi connectivity index (χ0) is 19.5. The van der Waals surface area contributed by atoms with Gasteiger partial charge in [-0.25, -0.2) is 0 Å². The second-order valence-corrected chi connectivity index (χ2v) is 7.10. The number of nitrogens with one attached hydrogen (secondary N) is 1. The van der Waals surface area contributed by atoms with Crippen LogP contribution >= 0.6 is 0 Å². The first-order valence-electron chi connectivity index (χ1n) is 10.2. The minimum atomic E-state index is -0.101. The third-order valence-corrected chi connectivity index (χ3v) is 4.80. The largest absolute Gasteiger partial charge is 0.494 e. The second-order valence-electron chi connectivity index (χ2n) is 7.10. The highest BCUT2D eigenvalue weighted by Gasteiger charge is 2.16. The van der Waals surface area contributed by atoms with Gasteiger partial charge in [0.1, 0.15) is 5.75 Å². The summed E-state index contributed by atoms with van der Waals surface area (Å²) < 4.78 is 5.51. The summed E-state index contributed by atoms with van der Waals surface area (Å²) in [5.74, 6) is 1.86. The van der Waals surface area contributed by atoms with Gasteiger partial charge in [-0.2, -0.15) is 0 Å². The molecule has 27 heavy (non-hydrogen) atoms. The van der Waals surface area contributed by atoms with Gasteiger partial charge >= 0.3 is 0 Å². The lowest BCUT2D eigenvalue weighted by molar-refractivity contribution is 0.0824. The molecule has 1 saturated heterocycles. The molecule has 1 aliphatic rings. The maximum Gasteiger partial charge on any atom is 0.193 e. The van der Waals surface area contributed by atoms with Crippen molar-refractivity contribution >= 4 is 5.96 Å². The number of likely N-dealkylation sites (tertiary alicyclic amines) is 1. The van der Waals surface area contributed by atoms with E-state index >= 15 is 0 Å². The van der Waals surface area contributed by atoms with Gasteiger partial charge in [0.25, 0.3) is 0 Å². The molecule has 1 heterocycles. The summed E-state index contributed by atoms with van der Waals surface area (Å²) >= 11 is 0. The number of aliphatic hydroxyl groups excluding tert-OH is 1. The molecule has 152 valence electrons. The van der Waals surface area contributed by atoms with Gasteiger partial charge in [-0.05, 0) is 57.4 Å². The Kier molecular flexibility index (Phi) is 9.42. The van der Waals surface area contributed by atoms with E-state index < -0.39 is 0 Å². The quantitative estimate of drug-likeness (QED) is 0.394. The van der Waals surface area contributed by atoms with Crippen LogP contribution in [0.3, 0.4) is 0 Å². The van der Waals surface area contributed by atoms with Crippen LogP contribution in [0.1, 0.15) is 38.7 Å². The van der Waals surface area contributed by atoms with Gasteiger partial charge < -0.3 is 25.0 Å². The van der Waals surface area contributed by atoms with Crippen LogP contribution in [-0.4, -0.2) is 73.3 Å².